The molecule has 4 nitrogen and oxygen atoms in total. The molecule has 0 saturated heterocycles. The van der Waals surface area contributed by atoms with Crippen LogP contribution in [-0.4, -0.2) is 10.6 Å². The molecule has 0 heterocycles. The third-order valence-corrected chi connectivity index (χ3v) is 3.35. The Balaban J connectivity index is 2.02. The zero-order chi connectivity index (χ0) is 16.1. The van der Waals surface area contributed by atoms with E-state index in [0.717, 1.165) is 0 Å². The van der Waals surface area contributed by atoms with Gasteiger partial charge in [-0.25, -0.2) is 0 Å². The van der Waals surface area contributed by atoms with Gasteiger partial charge >= 0.3 is 0 Å². The molecule has 0 spiro atoms. The molecule has 0 aliphatic rings. The molecule has 0 saturated carbocycles. The van der Waals surface area contributed by atoms with Gasteiger partial charge in [0.05, 0.1) is 5.56 Å². The number of rotatable bonds is 4. The van der Waals surface area contributed by atoms with Crippen molar-refractivity contribution in [1.82, 2.24) is 0 Å². The van der Waals surface area contributed by atoms with Crippen LogP contribution >= 0.6 is 0 Å². The SMILES string of the molecule is O=C(c1ccccc1)c1ccccc1[N+]([O-])=Nc1ccccc1. The van der Waals surface area contributed by atoms with E-state index < -0.39 is 0 Å². The van der Waals surface area contributed by atoms with Crippen molar-refractivity contribution in [3.63, 3.8) is 0 Å². The second-order valence-corrected chi connectivity index (χ2v) is 4.92. The first-order valence-electron chi connectivity index (χ1n) is 7.18. The van der Waals surface area contributed by atoms with E-state index in [-0.39, 0.29) is 11.5 Å². The predicted molar refractivity (Wildman–Crippen MR) is 88.1 cm³/mol. The molecule has 0 aromatic heterocycles. The fourth-order valence-corrected chi connectivity index (χ4v) is 2.23. The minimum absolute atomic E-state index is 0.203. The van der Waals surface area contributed by atoms with Crippen molar-refractivity contribution < 1.29 is 9.66 Å². The van der Waals surface area contributed by atoms with Gasteiger partial charge in [-0.05, 0) is 23.1 Å². The average Bonchev–Trinajstić information content (AvgIpc) is 2.62. The van der Waals surface area contributed by atoms with Crippen LogP contribution in [0.25, 0.3) is 0 Å². The Kier molecular flexibility index (Phi) is 4.25. The first-order valence-corrected chi connectivity index (χ1v) is 7.18. The molecule has 0 radical (unpaired) electrons. The van der Waals surface area contributed by atoms with Crippen molar-refractivity contribution in [2.24, 2.45) is 5.11 Å². The third kappa shape index (κ3) is 3.32. The van der Waals surface area contributed by atoms with E-state index in [4.69, 9.17) is 0 Å². The van der Waals surface area contributed by atoms with E-state index in [1.165, 1.54) is 0 Å². The fourth-order valence-electron chi connectivity index (χ4n) is 2.23. The molecule has 112 valence electrons. The summed E-state index contributed by atoms with van der Waals surface area (Å²) in [6.45, 7) is 0. The molecule has 0 N–H and O–H groups in total. The molecule has 0 aliphatic carbocycles. The highest BCUT2D eigenvalue weighted by Crippen LogP contribution is 2.23. The maximum Gasteiger partial charge on any atom is 0.256 e. The Morgan fingerprint density at radius 2 is 1.35 bits per heavy atom. The van der Waals surface area contributed by atoms with E-state index in [9.17, 15) is 10.0 Å². The normalized spacial score (nSPS) is 11.2. The van der Waals surface area contributed by atoms with Gasteiger partial charge in [-0.2, -0.15) is 0 Å². The van der Waals surface area contributed by atoms with Crippen LogP contribution in [0.3, 0.4) is 0 Å². The molecular weight excluding hydrogens is 288 g/mol. The van der Waals surface area contributed by atoms with Crippen LogP contribution in [0.5, 0.6) is 0 Å². The number of ketones is 1. The minimum Gasteiger partial charge on any atom is -0.594 e. The lowest BCUT2D eigenvalue weighted by Crippen LogP contribution is -2.05. The van der Waals surface area contributed by atoms with Crippen LogP contribution in [0.4, 0.5) is 11.4 Å². The molecule has 0 unspecified atom stereocenters. The molecule has 0 bridgehead atoms. The van der Waals surface area contributed by atoms with Crippen molar-refractivity contribution in [3.05, 3.63) is 101 Å². The van der Waals surface area contributed by atoms with E-state index in [2.05, 4.69) is 5.11 Å². The van der Waals surface area contributed by atoms with Crippen LogP contribution in [0.1, 0.15) is 15.9 Å². The summed E-state index contributed by atoms with van der Waals surface area (Å²) in [5.41, 5.74) is 1.62. The molecule has 4 heteroatoms. The van der Waals surface area contributed by atoms with Crippen LogP contribution < -0.4 is 0 Å². The standard InChI is InChI=1S/C19H14N2O2/c22-19(15-9-3-1-4-10-15)17-13-7-8-14-18(17)21(23)20-16-11-5-2-6-12-16/h1-14H. The number of hydrogen-bond acceptors (Lipinski definition) is 3. The minimum atomic E-state index is -0.203. The van der Waals surface area contributed by atoms with E-state index >= 15 is 0 Å². The summed E-state index contributed by atoms with van der Waals surface area (Å²) in [6, 6.07) is 24.4. The van der Waals surface area contributed by atoms with Crippen LogP contribution in [-0.2, 0) is 0 Å². The quantitative estimate of drug-likeness (QED) is 0.299. The van der Waals surface area contributed by atoms with Crippen molar-refractivity contribution in [2.75, 3.05) is 0 Å². The molecule has 0 atom stereocenters. The van der Waals surface area contributed by atoms with Gasteiger partial charge in [0, 0.05) is 16.7 Å². The Morgan fingerprint density at radius 3 is 2.04 bits per heavy atom. The molecular formula is C19H14N2O2. The summed E-state index contributed by atoms with van der Waals surface area (Å²) in [5, 5.41) is 16.4. The molecule has 3 aromatic carbocycles. The highest BCUT2D eigenvalue weighted by molar-refractivity contribution is 6.11. The van der Waals surface area contributed by atoms with E-state index in [1.54, 1.807) is 72.8 Å². The van der Waals surface area contributed by atoms with Gasteiger partial charge in [-0.3, -0.25) is 4.79 Å². The number of azo groups is 1. The summed E-state index contributed by atoms with van der Waals surface area (Å²) in [4.78, 5) is 13.1. The van der Waals surface area contributed by atoms with Gasteiger partial charge in [0.1, 0.15) is 5.69 Å². The molecule has 0 aliphatic heterocycles. The highest BCUT2D eigenvalue weighted by Gasteiger charge is 2.19. The number of carbonyl (C=O) groups excluding carboxylic acids is 1. The van der Waals surface area contributed by atoms with Crippen molar-refractivity contribution >= 4 is 17.2 Å². The number of hydrogen-bond donors (Lipinski definition) is 0. The van der Waals surface area contributed by atoms with E-state index in [0.29, 0.717) is 21.7 Å². The van der Waals surface area contributed by atoms with Gasteiger partial charge in [-0.1, -0.05) is 60.7 Å². The molecule has 3 aromatic rings. The smallest absolute Gasteiger partial charge is 0.256 e. The van der Waals surface area contributed by atoms with Crippen LogP contribution in [0, 0.1) is 5.21 Å². The number of carbonyl (C=O) groups is 1. The zero-order valence-electron chi connectivity index (χ0n) is 12.3. The zero-order valence-corrected chi connectivity index (χ0v) is 12.3. The summed E-state index contributed by atoms with van der Waals surface area (Å²) >= 11 is 0. The highest BCUT2D eigenvalue weighted by atomic mass is 16.5. The van der Waals surface area contributed by atoms with E-state index in [1.807, 2.05) is 12.1 Å². The first-order chi connectivity index (χ1) is 11.3. The topological polar surface area (TPSA) is 55.5 Å². The summed E-state index contributed by atoms with van der Waals surface area (Å²) < 4.78 is 0. The van der Waals surface area contributed by atoms with Gasteiger partial charge in [0.15, 0.2) is 5.78 Å². The Bertz CT molecular complexity index is 844. The summed E-state index contributed by atoms with van der Waals surface area (Å²) in [6.07, 6.45) is 0. The van der Waals surface area contributed by atoms with Crippen molar-refractivity contribution in [2.45, 2.75) is 0 Å². The third-order valence-electron chi connectivity index (χ3n) is 3.35. The average molecular weight is 302 g/mol. The lowest BCUT2D eigenvalue weighted by molar-refractivity contribution is -0.435. The predicted octanol–water partition coefficient (Wildman–Crippen LogP) is 4.84. The first kappa shape index (κ1) is 14.7. The van der Waals surface area contributed by atoms with Gasteiger partial charge in [0.25, 0.3) is 5.69 Å². The molecule has 23 heavy (non-hydrogen) atoms. The summed E-state index contributed by atoms with van der Waals surface area (Å²) in [7, 11) is 0. The maximum absolute atomic E-state index is 12.6. The molecule has 3 rings (SSSR count). The van der Waals surface area contributed by atoms with Crippen LogP contribution in [0.15, 0.2) is 90.0 Å². The lowest BCUT2D eigenvalue weighted by atomic mass is 10.0. The largest absolute Gasteiger partial charge is 0.594 e. The molecule has 0 fully saturated rings. The Labute approximate surface area is 133 Å². The van der Waals surface area contributed by atoms with Crippen LogP contribution in [0.2, 0.25) is 0 Å². The Morgan fingerprint density at radius 1 is 0.783 bits per heavy atom. The van der Waals surface area contributed by atoms with Gasteiger partial charge in [-0.15, -0.1) is 0 Å². The fraction of sp³-hybridized carbons (Fsp3) is 0. The lowest BCUT2D eigenvalue weighted by Gasteiger charge is -2.06. The second-order valence-electron chi connectivity index (χ2n) is 4.92. The number of para-hydroxylation sites is 1. The van der Waals surface area contributed by atoms with Gasteiger partial charge < -0.3 is 5.21 Å². The summed E-state index contributed by atoms with van der Waals surface area (Å²) in [5.74, 6) is -0.203. The monoisotopic (exact) mass is 302 g/mol. The van der Waals surface area contributed by atoms with Crippen molar-refractivity contribution in [1.29, 1.82) is 0 Å². The van der Waals surface area contributed by atoms with Crippen molar-refractivity contribution in [3.8, 4) is 0 Å². The maximum atomic E-state index is 12.6. The van der Waals surface area contributed by atoms with Gasteiger partial charge in [0.2, 0.25) is 0 Å². The second kappa shape index (κ2) is 6.66. The number of nitrogens with zero attached hydrogens (tertiary/aromatic N) is 2. The Hall–Kier alpha value is -3.27. The molecule has 0 amide bonds. The number of benzene rings is 3.